The van der Waals surface area contributed by atoms with Crippen molar-refractivity contribution < 1.29 is 9.90 Å². The van der Waals surface area contributed by atoms with E-state index in [2.05, 4.69) is 22.9 Å². The average Bonchev–Trinajstić information content (AvgIpc) is 3.45. The number of likely N-dealkylation sites (N-methyl/N-ethyl adjacent to an activating group) is 1. The molecule has 3 atom stereocenters. The number of carbonyl (C=O) groups is 1. The highest BCUT2D eigenvalue weighted by Crippen LogP contribution is 2.53. The van der Waals surface area contributed by atoms with E-state index in [4.69, 9.17) is 0 Å². The summed E-state index contributed by atoms with van der Waals surface area (Å²) < 4.78 is 0. The quantitative estimate of drug-likeness (QED) is 0.854. The van der Waals surface area contributed by atoms with Crippen LogP contribution in [0.1, 0.15) is 43.2 Å². The van der Waals surface area contributed by atoms with E-state index in [1.54, 1.807) is 0 Å². The Morgan fingerprint density at radius 2 is 2.08 bits per heavy atom. The molecule has 1 saturated carbocycles. The van der Waals surface area contributed by atoms with Crippen molar-refractivity contribution >= 4 is 5.91 Å². The van der Waals surface area contributed by atoms with Crippen LogP contribution in [0, 0.1) is 11.8 Å². The summed E-state index contributed by atoms with van der Waals surface area (Å²) in [5.74, 6) is 1.59. The summed E-state index contributed by atoms with van der Waals surface area (Å²) in [5, 5.41) is 10.1. The molecule has 3 fully saturated rings. The summed E-state index contributed by atoms with van der Waals surface area (Å²) in [6.45, 7) is 2.93. The van der Waals surface area contributed by atoms with Crippen LogP contribution in [0.5, 0.6) is 5.75 Å². The zero-order chi connectivity index (χ0) is 17.2. The van der Waals surface area contributed by atoms with Gasteiger partial charge >= 0.3 is 0 Å². The van der Waals surface area contributed by atoms with Gasteiger partial charge in [-0.05, 0) is 75.4 Å². The molecule has 134 valence electrons. The molecule has 25 heavy (non-hydrogen) atoms. The van der Waals surface area contributed by atoms with Gasteiger partial charge in [-0.1, -0.05) is 6.07 Å². The molecule has 1 aromatic rings. The second kappa shape index (κ2) is 5.47. The van der Waals surface area contributed by atoms with Crippen molar-refractivity contribution in [1.29, 1.82) is 0 Å². The Morgan fingerprint density at radius 3 is 2.88 bits per heavy atom. The fourth-order valence-corrected chi connectivity index (χ4v) is 5.93. The third-order valence-corrected chi connectivity index (χ3v) is 7.42. The van der Waals surface area contributed by atoms with Crippen LogP contribution in [0.15, 0.2) is 18.2 Å². The van der Waals surface area contributed by atoms with Crippen molar-refractivity contribution in [2.45, 2.75) is 50.0 Å². The second-order valence-electron chi connectivity index (χ2n) is 8.77. The SMILES string of the molecule is CN1CCC[C@]23CCN(C(=O)C4CC4)C[C@H]2[C@H]1Cc1ccc(O)cc13. The van der Waals surface area contributed by atoms with Crippen LogP contribution in [0.2, 0.25) is 0 Å². The van der Waals surface area contributed by atoms with Gasteiger partial charge < -0.3 is 14.9 Å². The number of hydrogen-bond acceptors (Lipinski definition) is 3. The fourth-order valence-electron chi connectivity index (χ4n) is 5.93. The van der Waals surface area contributed by atoms with Gasteiger partial charge in [0.15, 0.2) is 0 Å². The van der Waals surface area contributed by atoms with Crippen molar-refractivity contribution in [3.05, 3.63) is 29.3 Å². The number of aromatic hydroxyl groups is 1. The van der Waals surface area contributed by atoms with Gasteiger partial charge in [0.05, 0.1) is 0 Å². The number of nitrogens with zero attached hydrogens (tertiary/aromatic N) is 2. The van der Waals surface area contributed by atoms with Gasteiger partial charge in [-0.3, -0.25) is 4.79 Å². The van der Waals surface area contributed by atoms with E-state index in [1.165, 1.54) is 24.0 Å². The Balaban J connectivity index is 1.57. The molecule has 0 radical (unpaired) electrons. The lowest BCUT2D eigenvalue weighted by atomic mass is 9.56. The maximum Gasteiger partial charge on any atom is 0.225 e. The summed E-state index contributed by atoms with van der Waals surface area (Å²) in [6.07, 6.45) is 6.66. The number of phenols is 1. The van der Waals surface area contributed by atoms with Crippen LogP contribution >= 0.6 is 0 Å². The van der Waals surface area contributed by atoms with Crippen LogP contribution in [-0.2, 0) is 16.6 Å². The number of amides is 1. The predicted molar refractivity (Wildman–Crippen MR) is 96.6 cm³/mol. The van der Waals surface area contributed by atoms with Crippen molar-refractivity contribution in [3.8, 4) is 5.75 Å². The molecule has 5 rings (SSSR count). The van der Waals surface area contributed by atoms with Gasteiger partial charge in [-0.15, -0.1) is 0 Å². The monoisotopic (exact) mass is 340 g/mol. The smallest absolute Gasteiger partial charge is 0.225 e. The van der Waals surface area contributed by atoms with Gasteiger partial charge in [0.1, 0.15) is 5.75 Å². The molecular weight excluding hydrogens is 312 g/mol. The Morgan fingerprint density at radius 1 is 1.24 bits per heavy atom. The van der Waals surface area contributed by atoms with E-state index < -0.39 is 0 Å². The Bertz CT molecular complexity index is 714. The lowest BCUT2D eigenvalue weighted by Gasteiger charge is -2.54. The third-order valence-electron chi connectivity index (χ3n) is 7.42. The van der Waals surface area contributed by atoms with Gasteiger partial charge in [-0.25, -0.2) is 0 Å². The first-order chi connectivity index (χ1) is 12.1. The Kier molecular flexibility index (Phi) is 3.43. The molecule has 0 unspecified atom stereocenters. The molecule has 2 aliphatic carbocycles. The summed E-state index contributed by atoms with van der Waals surface area (Å²) >= 11 is 0. The van der Waals surface area contributed by atoms with Crippen LogP contribution in [0.4, 0.5) is 0 Å². The number of piperidine rings is 1. The van der Waals surface area contributed by atoms with Gasteiger partial charge in [0, 0.05) is 36.4 Å². The first-order valence-corrected chi connectivity index (χ1v) is 9.90. The number of fused-ring (bicyclic) bond motifs is 1. The standard InChI is InChI=1S/C21H28N2O2/c1-22-9-2-7-21-8-10-23(20(25)14-3-4-14)13-18(21)19(22)11-15-5-6-16(24)12-17(15)21/h5-6,12,14,18-19,24H,2-4,7-11,13H2,1H3/t18-,19+,21+/m0/s1. The molecular formula is C21H28N2O2. The van der Waals surface area contributed by atoms with E-state index in [1.807, 2.05) is 12.1 Å². The summed E-state index contributed by atoms with van der Waals surface area (Å²) in [6, 6.07) is 6.51. The maximum absolute atomic E-state index is 12.7. The molecule has 1 amide bonds. The topological polar surface area (TPSA) is 43.8 Å². The molecule has 0 aromatic heterocycles. The highest BCUT2D eigenvalue weighted by Gasteiger charge is 2.54. The first-order valence-electron chi connectivity index (χ1n) is 9.90. The number of benzene rings is 1. The minimum atomic E-state index is 0.141. The highest BCUT2D eigenvalue weighted by atomic mass is 16.3. The largest absolute Gasteiger partial charge is 0.508 e. The summed E-state index contributed by atoms with van der Waals surface area (Å²) in [5.41, 5.74) is 2.93. The Labute approximate surface area is 149 Å². The van der Waals surface area contributed by atoms with E-state index in [9.17, 15) is 9.90 Å². The lowest BCUT2D eigenvalue weighted by molar-refractivity contribution is -0.136. The molecule has 2 heterocycles. The predicted octanol–water partition coefficient (Wildman–Crippen LogP) is 2.54. The van der Waals surface area contributed by atoms with Crippen molar-refractivity contribution in [3.63, 3.8) is 0 Å². The molecule has 4 aliphatic rings. The number of hydrogen-bond donors (Lipinski definition) is 1. The van der Waals surface area contributed by atoms with Crippen molar-refractivity contribution in [2.24, 2.45) is 11.8 Å². The second-order valence-corrected chi connectivity index (χ2v) is 8.77. The number of phenolic OH excluding ortho intramolecular Hbond substituents is 1. The van der Waals surface area contributed by atoms with E-state index >= 15 is 0 Å². The molecule has 4 heteroatoms. The number of carbonyl (C=O) groups excluding carboxylic acids is 1. The van der Waals surface area contributed by atoms with Crippen molar-refractivity contribution in [2.75, 3.05) is 26.7 Å². The molecule has 0 spiro atoms. The molecule has 4 nitrogen and oxygen atoms in total. The minimum absolute atomic E-state index is 0.141. The average molecular weight is 340 g/mol. The van der Waals surface area contributed by atoms with E-state index in [0.717, 1.165) is 45.3 Å². The van der Waals surface area contributed by atoms with Crippen LogP contribution < -0.4 is 0 Å². The normalized spacial score (nSPS) is 34.8. The minimum Gasteiger partial charge on any atom is -0.508 e. The van der Waals surface area contributed by atoms with E-state index in [0.29, 0.717) is 29.5 Å². The van der Waals surface area contributed by atoms with Gasteiger partial charge in [0.25, 0.3) is 0 Å². The van der Waals surface area contributed by atoms with Gasteiger partial charge in [0.2, 0.25) is 5.91 Å². The molecule has 1 N–H and O–H groups in total. The zero-order valence-electron chi connectivity index (χ0n) is 15.1. The molecule has 2 saturated heterocycles. The summed E-state index contributed by atoms with van der Waals surface area (Å²) in [4.78, 5) is 17.4. The summed E-state index contributed by atoms with van der Waals surface area (Å²) in [7, 11) is 2.26. The Hall–Kier alpha value is -1.55. The zero-order valence-corrected chi connectivity index (χ0v) is 15.1. The fraction of sp³-hybridized carbons (Fsp3) is 0.667. The van der Waals surface area contributed by atoms with Crippen molar-refractivity contribution in [1.82, 2.24) is 9.80 Å². The highest BCUT2D eigenvalue weighted by molar-refractivity contribution is 5.81. The lowest BCUT2D eigenvalue weighted by Crippen LogP contribution is -2.60. The molecule has 2 aliphatic heterocycles. The van der Waals surface area contributed by atoms with E-state index in [-0.39, 0.29) is 5.41 Å². The number of likely N-dealkylation sites (tertiary alicyclic amines) is 2. The molecule has 1 aromatic carbocycles. The first kappa shape index (κ1) is 15.7. The number of rotatable bonds is 1. The van der Waals surface area contributed by atoms with Crippen LogP contribution in [0.25, 0.3) is 0 Å². The van der Waals surface area contributed by atoms with Crippen LogP contribution in [0.3, 0.4) is 0 Å². The van der Waals surface area contributed by atoms with Crippen LogP contribution in [-0.4, -0.2) is 53.5 Å². The third kappa shape index (κ3) is 2.33. The van der Waals surface area contributed by atoms with Gasteiger partial charge in [-0.2, -0.15) is 0 Å². The molecule has 2 bridgehead atoms. The maximum atomic E-state index is 12.7.